The van der Waals surface area contributed by atoms with Gasteiger partial charge in [0, 0.05) is 31.4 Å². The lowest BCUT2D eigenvalue weighted by Crippen LogP contribution is -2.08. The van der Waals surface area contributed by atoms with Crippen LogP contribution in [0.25, 0.3) is 0 Å². The number of para-hydroxylation sites is 1. The van der Waals surface area contributed by atoms with Gasteiger partial charge in [-0.25, -0.2) is 0 Å². The summed E-state index contributed by atoms with van der Waals surface area (Å²) >= 11 is 0. The standard InChI is InChI=1S/C17H21NO2/c1-4-16(19)15-10-5-6-11-17(15)20-14-9-7-8-13(12-14)18(2)3/h5-12,16,19H,4H2,1-3H3/t16-/m1/s1. The molecule has 0 heterocycles. The van der Waals surface area contributed by atoms with Crippen LogP contribution in [0, 0.1) is 0 Å². The van der Waals surface area contributed by atoms with Gasteiger partial charge in [-0.15, -0.1) is 0 Å². The maximum atomic E-state index is 10.0. The van der Waals surface area contributed by atoms with Gasteiger partial charge >= 0.3 is 0 Å². The number of rotatable bonds is 5. The summed E-state index contributed by atoms with van der Waals surface area (Å²) in [6, 6.07) is 15.5. The Morgan fingerprint density at radius 2 is 1.85 bits per heavy atom. The zero-order valence-electron chi connectivity index (χ0n) is 12.2. The minimum atomic E-state index is -0.497. The van der Waals surface area contributed by atoms with Crippen LogP contribution in [0.15, 0.2) is 48.5 Å². The van der Waals surface area contributed by atoms with Gasteiger partial charge in [0.25, 0.3) is 0 Å². The zero-order valence-corrected chi connectivity index (χ0v) is 12.2. The first-order valence-electron chi connectivity index (χ1n) is 6.84. The Bertz CT molecular complexity index is 566. The summed E-state index contributed by atoms with van der Waals surface area (Å²) in [6.07, 6.45) is 0.168. The highest BCUT2D eigenvalue weighted by molar-refractivity contribution is 5.51. The van der Waals surface area contributed by atoms with Crippen molar-refractivity contribution in [1.29, 1.82) is 0 Å². The predicted molar refractivity (Wildman–Crippen MR) is 82.5 cm³/mol. The Hall–Kier alpha value is -2.00. The van der Waals surface area contributed by atoms with Crippen LogP contribution in [0.4, 0.5) is 5.69 Å². The van der Waals surface area contributed by atoms with Crippen molar-refractivity contribution in [3.63, 3.8) is 0 Å². The fourth-order valence-electron chi connectivity index (χ4n) is 2.02. The van der Waals surface area contributed by atoms with E-state index in [1.54, 1.807) is 0 Å². The van der Waals surface area contributed by atoms with Gasteiger partial charge in [-0.2, -0.15) is 0 Å². The van der Waals surface area contributed by atoms with Gasteiger partial charge in [-0.3, -0.25) is 0 Å². The molecule has 0 amide bonds. The van der Waals surface area contributed by atoms with Gasteiger partial charge in [0.05, 0.1) is 6.10 Å². The van der Waals surface area contributed by atoms with Crippen LogP contribution in [0.5, 0.6) is 11.5 Å². The molecule has 3 heteroatoms. The van der Waals surface area contributed by atoms with Crippen molar-refractivity contribution in [3.8, 4) is 11.5 Å². The molecule has 0 aliphatic carbocycles. The molecule has 0 radical (unpaired) electrons. The monoisotopic (exact) mass is 271 g/mol. The molecule has 1 atom stereocenters. The summed E-state index contributed by atoms with van der Waals surface area (Å²) in [5.41, 5.74) is 1.90. The molecule has 2 rings (SSSR count). The maximum absolute atomic E-state index is 10.0. The van der Waals surface area contributed by atoms with E-state index in [1.807, 2.05) is 74.4 Å². The number of nitrogens with zero attached hydrogens (tertiary/aromatic N) is 1. The van der Waals surface area contributed by atoms with Crippen LogP contribution in [0.3, 0.4) is 0 Å². The average Bonchev–Trinajstić information content (AvgIpc) is 2.47. The van der Waals surface area contributed by atoms with Gasteiger partial charge < -0.3 is 14.7 Å². The van der Waals surface area contributed by atoms with Gasteiger partial charge in [-0.1, -0.05) is 31.2 Å². The van der Waals surface area contributed by atoms with Gasteiger partial charge in [-0.05, 0) is 24.6 Å². The molecule has 2 aromatic rings. The minimum absolute atomic E-state index is 0.497. The molecule has 3 nitrogen and oxygen atoms in total. The Labute approximate surface area is 120 Å². The molecule has 0 spiro atoms. The lowest BCUT2D eigenvalue weighted by molar-refractivity contribution is 0.170. The molecule has 0 aliphatic rings. The van der Waals surface area contributed by atoms with Crippen molar-refractivity contribution in [2.45, 2.75) is 19.4 Å². The van der Waals surface area contributed by atoms with E-state index in [4.69, 9.17) is 4.74 Å². The van der Waals surface area contributed by atoms with E-state index in [1.165, 1.54) is 0 Å². The Kier molecular flexibility index (Phi) is 4.64. The van der Waals surface area contributed by atoms with Crippen molar-refractivity contribution in [1.82, 2.24) is 0 Å². The zero-order chi connectivity index (χ0) is 14.5. The maximum Gasteiger partial charge on any atom is 0.133 e. The third-order valence-electron chi connectivity index (χ3n) is 3.23. The summed E-state index contributed by atoms with van der Waals surface area (Å²) in [5.74, 6) is 1.48. The fourth-order valence-corrected chi connectivity index (χ4v) is 2.02. The summed E-state index contributed by atoms with van der Waals surface area (Å²) < 4.78 is 5.94. The van der Waals surface area contributed by atoms with Crippen LogP contribution < -0.4 is 9.64 Å². The first kappa shape index (κ1) is 14.4. The molecule has 0 aliphatic heterocycles. The lowest BCUT2D eigenvalue weighted by atomic mass is 10.1. The Balaban J connectivity index is 2.28. The van der Waals surface area contributed by atoms with E-state index in [0.717, 1.165) is 17.0 Å². The van der Waals surface area contributed by atoms with Crippen LogP contribution in [-0.4, -0.2) is 19.2 Å². The van der Waals surface area contributed by atoms with Crippen molar-refractivity contribution < 1.29 is 9.84 Å². The number of hydrogen-bond acceptors (Lipinski definition) is 3. The Morgan fingerprint density at radius 3 is 2.55 bits per heavy atom. The highest BCUT2D eigenvalue weighted by Crippen LogP contribution is 2.32. The molecular weight excluding hydrogens is 250 g/mol. The van der Waals surface area contributed by atoms with Crippen LogP contribution in [-0.2, 0) is 0 Å². The number of aliphatic hydroxyl groups is 1. The van der Waals surface area contributed by atoms with E-state index in [0.29, 0.717) is 12.2 Å². The van der Waals surface area contributed by atoms with Gasteiger partial charge in [0.1, 0.15) is 11.5 Å². The topological polar surface area (TPSA) is 32.7 Å². The third kappa shape index (κ3) is 3.31. The minimum Gasteiger partial charge on any atom is -0.457 e. The largest absolute Gasteiger partial charge is 0.457 e. The van der Waals surface area contributed by atoms with Crippen LogP contribution in [0.1, 0.15) is 25.0 Å². The highest BCUT2D eigenvalue weighted by atomic mass is 16.5. The quantitative estimate of drug-likeness (QED) is 0.892. The summed E-state index contributed by atoms with van der Waals surface area (Å²) in [6.45, 7) is 1.95. The van der Waals surface area contributed by atoms with Crippen LogP contribution >= 0.6 is 0 Å². The van der Waals surface area contributed by atoms with Crippen LogP contribution in [0.2, 0.25) is 0 Å². The first-order valence-corrected chi connectivity index (χ1v) is 6.84. The molecule has 1 N–H and O–H groups in total. The number of ether oxygens (including phenoxy) is 1. The Morgan fingerprint density at radius 1 is 1.10 bits per heavy atom. The normalized spacial score (nSPS) is 12.0. The number of benzene rings is 2. The van der Waals surface area contributed by atoms with E-state index in [9.17, 15) is 5.11 Å². The molecule has 0 bridgehead atoms. The van der Waals surface area contributed by atoms with E-state index >= 15 is 0 Å². The molecule has 106 valence electrons. The highest BCUT2D eigenvalue weighted by Gasteiger charge is 2.12. The fraction of sp³-hybridized carbons (Fsp3) is 0.294. The number of aliphatic hydroxyl groups excluding tert-OH is 1. The molecule has 20 heavy (non-hydrogen) atoms. The second-order valence-electron chi connectivity index (χ2n) is 4.96. The average molecular weight is 271 g/mol. The number of anilines is 1. The van der Waals surface area contributed by atoms with E-state index in [2.05, 4.69) is 0 Å². The van der Waals surface area contributed by atoms with Gasteiger partial charge in [0.2, 0.25) is 0 Å². The molecule has 0 saturated heterocycles. The van der Waals surface area contributed by atoms with Gasteiger partial charge in [0.15, 0.2) is 0 Å². The second kappa shape index (κ2) is 6.44. The smallest absolute Gasteiger partial charge is 0.133 e. The lowest BCUT2D eigenvalue weighted by Gasteiger charge is -2.17. The summed E-state index contributed by atoms with van der Waals surface area (Å²) in [4.78, 5) is 2.03. The SMILES string of the molecule is CC[C@@H](O)c1ccccc1Oc1cccc(N(C)C)c1. The number of hydrogen-bond donors (Lipinski definition) is 1. The van der Waals surface area contributed by atoms with Crippen molar-refractivity contribution in [2.24, 2.45) is 0 Å². The molecule has 0 unspecified atom stereocenters. The predicted octanol–water partition coefficient (Wildman–Crippen LogP) is 3.99. The molecule has 0 fully saturated rings. The molecule has 0 saturated carbocycles. The second-order valence-corrected chi connectivity index (χ2v) is 4.96. The summed E-state index contributed by atoms with van der Waals surface area (Å²) in [7, 11) is 3.99. The summed E-state index contributed by atoms with van der Waals surface area (Å²) in [5, 5.41) is 10.0. The van der Waals surface area contributed by atoms with E-state index < -0.39 is 6.10 Å². The molecule has 0 aromatic heterocycles. The van der Waals surface area contributed by atoms with Crippen molar-refractivity contribution in [3.05, 3.63) is 54.1 Å². The first-order chi connectivity index (χ1) is 9.61. The van der Waals surface area contributed by atoms with E-state index in [-0.39, 0.29) is 0 Å². The third-order valence-corrected chi connectivity index (χ3v) is 3.23. The molecule has 2 aromatic carbocycles. The molecular formula is C17H21NO2. The van der Waals surface area contributed by atoms with Crippen molar-refractivity contribution >= 4 is 5.69 Å². The van der Waals surface area contributed by atoms with Crippen molar-refractivity contribution in [2.75, 3.05) is 19.0 Å².